The van der Waals surface area contributed by atoms with Crippen LogP contribution in [0.1, 0.15) is 77.3 Å². The van der Waals surface area contributed by atoms with E-state index in [1.165, 1.54) is 0 Å². The second-order valence-corrected chi connectivity index (χ2v) is 8.83. The van der Waals surface area contributed by atoms with Crippen molar-refractivity contribution in [2.45, 2.75) is 39.3 Å². The van der Waals surface area contributed by atoms with Crippen LogP contribution in [0.3, 0.4) is 0 Å². The second kappa shape index (κ2) is 8.41. The van der Waals surface area contributed by atoms with Crippen LogP contribution in [0.15, 0.2) is 54.6 Å². The zero-order valence-electron chi connectivity index (χ0n) is 19.0. The van der Waals surface area contributed by atoms with E-state index in [1.54, 1.807) is 48.5 Å². The highest BCUT2D eigenvalue weighted by atomic mass is 16.5. The fourth-order valence-electron chi connectivity index (χ4n) is 4.61. The van der Waals surface area contributed by atoms with Crippen molar-refractivity contribution in [3.8, 4) is 0 Å². The number of carbonyl (C=O) groups is 4. The van der Waals surface area contributed by atoms with Crippen LogP contribution >= 0.6 is 0 Å². The van der Waals surface area contributed by atoms with E-state index in [9.17, 15) is 19.2 Å². The van der Waals surface area contributed by atoms with Gasteiger partial charge in [0.2, 0.25) is 5.78 Å². The van der Waals surface area contributed by atoms with Gasteiger partial charge in [-0.25, -0.2) is 4.79 Å². The molecule has 0 radical (unpaired) electrons. The first-order chi connectivity index (χ1) is 16.3. The topological polar surface area (TPSA) is 85.7 Å². The third-order valence-electron chi connectivity index (χ3n) is 6.41. The summed E-state index contributed by atoms with van der Waals surface area (Å²) >= 11 is 0. The number of ketones is 1. The molecule has 172 valence electrons. The number of carbonyl (C=O) groups excluding carboxylic acids is 4. The van der Waals surface area contributed by atoms with Gasteiger partial charge in [0, 0.05) is 23.0 Å². The zero-order valence-corrected chi connectivity index (χ0v) is 19.0. The molecule has 0 N–H and O–H groups in total. The lowest BCUT2D eigenvalue weighted by Gasteiger charge is -2.14. The monoisotopic (exact) mass is 456 g/mol. The molecule has 5 rings (SSSR count). The molecule has 2 aliphatic rings. The second-order valence-electron chi connectivity index (χ2n) is 8.83. The smallest absolute Gasteiger partial charge is 0.338 e. The number of esters is 1. The van der Waals surface area contributed by atoms with Gasteiger partial charge in [0.15, 0.2) is 6.61 Å². The number of Topliss-reactive ketones (excluding diaryl/α,β-unsaturated/α-hetero) is 1. The minimum absolute atomic E-state index is 0.0412. The molecule has 0 atom stereocenters. The lowest BCUT2D eigenvalue weighted by Crippen LogP contribution is -2.29. The van der Waals surface area contributed by atoms with Crippen LogP contribution in [0.4, 0.5) is 0 Å². The molecule has 1 saturated carbocycles. The molecular weight excluding hydrogens is 432 g/mol. The summed E-state index contributed by atoms with van der Waals surface area (Å²) in [5.74, 6) is -1.59. The van der Waals surface area contributed by atoms with Crippen molar-refractivity contribution in [2.75, 3.05) is 6.61 Å². The summed E-state index contributed by atoms with van der Waals surface area (Å²) in [5.41, 5.74) is 4.15. The van der Waals surface area contributed by atoms with E-state index >= 15 is 0 Å². The summed E-state index contributed by atoms with van der Waals surface area (Å²) in [6.07, 6.45) is 2.24. The number of fused-ring (bicyclic) bond motifs is 1. The van der Waals surface area contributed by atoms with Crippen molar-refractivity contribution in [1.82, 2.24) is 9.47 Å². The first kappa shape index (κ1) is 21.8. The quantitative estimate of drug-likeness (QED) is 0.301. The number of aromatic nitrogens is 1. The van der Waals surface area contributed by atoms with Crippen LogP contribution < -0.4 is 0 Å². The molecule has 2 heterocycles. The molecular formula is C27H24N2O5. The lowest BCUT2D eigenvalue weighted by molar-refractivity contribution is 0.0474. The number of hydrogen-bond acceptors (Lipinski definition) is 5. The summed E-state index contributed by atoms with van der Waals surface area (Å²) in [6.45, 7) is 3.59. The molecule has 1 fully saturated rings. The summed E-state index contributed by atoms with van der Waals surface area (Å²) in [7, 11) is 0. The lowest BCUT2D eigenvalue weighted by atomic mass is 10.1. The molecule has 1 aliphatic carbocycles. The largest absolute Gasteiger partial charge is 0.454 e. The highest BCUT2D eigenvalue weighted by Gasteiger charge is 2.35. The van der Waals surface area contributed by atoms with Gasteiger partial charge in [-0.2, -0.15) is 0 Å². The fraction of sp³-hybridized carbons (Fsp3) is 0.259. The molecule has 3 aromatic rings. The Bertz CT molecular complexity index is 1310. The van der Waals surface area contributed by atoms with Crippen molar-refractivity contribution in [3.05, 3.63) is 93.8 Å². The number of amides is 2. The van der Waals surface area contributed by atoms with E-state index in [-0.39, 0.29) is 36.3 Å². The molecule has 7 heteroatoms. The molecule has 1 aliphatic heterocycles. The molecule has 1 aromatic heterocycles. The van der Waals surface area contributed by atoms with Crippen LogP contribution in [0, 0.1) is 13.8 Å². The Kier molecular flexibility index (Phi) is 5.40. The number of rotatable bonds is 7. The summed E-state index contributed by atoms with van der Waals surface area (Å²) in [4.78, 5) is 51.7. The summed E-state index contributed by atoms with van der Waals surface area (Å²) in [5, 5.41) is 0. The molecule has 0 bridgehead atoms. The Hall–Kier alpha value is -4.00. The van der Waals surface area contributed by atoms with Gasteiger partial charge in [-0.3, -0.25) is 19.3 Å². The first-order valence-corrected chi connectivity index (χ1v) is 11.3. The van der Waals surface area contributed by atoms with Crippen molar-refractivity contribution in [1.29, 1.82) is 0 Å². The van der Waals surface area contributed by atoms with Gasteiger partial charge in [-0.05, 0) is 62.6 Å². The van der Waals surface area contributed by atoms with Crippen LogP contribution in [0.2, 0.25) is 0 Å². The molecule has 34 heavy (non-hydrogen) atoms. The van der Waals surface area contributed by atoms with E-state index in [4.69, 9.17) is 4.74 Å². The van der Waals surface area contributed by atoms with Gasteiger partial charge in [-0.15, -0.1) is 0 Å². The minimum atomic E-state index is -0.631. The Labute approximate surface area is 196 Å². The van der Waals surface area contributed by atoms with Gasteiger partial charge in [0.25, 0.3) is 11.8 Å². The predicted octanol–water partition coefficient (Wildman–Crippen LogP) is 4.28. The van der Waals surface area contributed by atoms with Gasteiger partial charge in [-0.1, -0.05) is 24.3 Å². The summed E-state index contributed by atoms with van der Waals surface area (Å²) in [6, 6.07) is 15.6. The molecule has 0 spiro atoms. The summed E-state index contributed by atoms with van der Waals surface area (Å²) < 4.78 is 7.48. The number of ether oxygens (including phenoxy) is 1. The maximum absolute atomic E-state index is 12.7. The molecule has 0 saturated heterocycles. The number of hydrogen-bond donors (Lipinski definition) is 0. The Morgan fingerprint density at radius 2 is 1.62 bits per heavy atom. The van der Waals surface area contributed by atoms with Crippen molar-refractivity contribution in [2.24, 2.45) is 0 Å². The number of aryl methyl sites for hydroxylation is 1. The SMILES string of the molecule is Cc1cc(C(=O)COC(=O)c2cccc(CN3C(=O)c4ccccc4C3=O)c2)c(C)n1C1CC1. The molecule has 0 unspecified atom stereocenters. The highest BCUT2D eigenvalue weighted by molar-refractivity contribution is 6.21. The molecule has 2 aromatic carbocycles. The van der Waals surface area contributed by atoms with Gasteiger partial charge < -0.3 is 9.30 Å². The van der Waals surface area contributed by atoms with Crippen LogP contribution in [0.25, 0.3) is 0 Å². The van der Waals surface area contributed by atoms with Crippen LogP contribution in [-0.4, -0.2) is 39.6 Å². The molecule has 7 nitrogen and oxygen atoms in total. The van der Waals surface area contributed by atoms with Crippen molar-refractivity contribution >= 4 is 23.6 Å². The number of benzene rings is 2. The van der Waals surface area contributed by atoms with E-state index in [1.807, 2.05) is 19.9 Å². The van der Waals surface area contributed by atoms with E-state index < -0.39 is 5.97 Å². The van der Waals surface area contributed by atoms with E-state index in [0.717, 1.165) is 29.1 Å². The van der Waals surface area contributed by atoms with E-state index in [2.05, 4.69) is 4.57 Å². The average Bonchev–Trinajstić information content (AvgIpc) is 3.59. The fourth-order valence-corrected chi connectivity index (χ4v) is 4.61. The van der Waals surface area contributed by atoms with Crippen LogP contribution in [-0.2, 0) is 11.3 Å². The van der Waals surface area contributed by atoms with E-state index in [0.29, 0.717) is 28.3 Å². The zero-order chi connectivity index (χ0) is 24.0. The number of nitrogens with zero attached hydrogens (tertiary/aromatic N) is 2. The maximum atomic E-state index is 12.7. The van der Waals surface area contributed by atoms with Crippen LogP contribution in [0.5, 0.6) is 0 Å². The van der Waals surface area contributed by atoms with Gasteiger partial charge >= 0.3 is 5.97 Å². The van der Waals surface area contributed by atoms with Crippen molar-refractivity contribution in [3.63, 3.8) is 0 Å². The predicted molar refractivity (Wildman–Crippen MR) is 124 cm³/mol. The highest BCUT2D eigenvalue weighted by Crippen LogP contribution is 2.38. The number of imide groups is 1. The first-order valence-electron chi connectivity index (χ1n) is 11.3. The average molecular weight is 456 g/mol. The minimum Gasteiger partial charge on any atom is -0.454 e. The third-order valence-corrected chi connectivity index (χ3v) is 6.41. The Morgan fingerprint density at radius 3 is 2.26 bits per heavy atom. The normalized spacial score (nSPS) is 14.9. The standard InChI is InChI=1S/C27H24N2O5/c1-16-12-23(17(2)29(16)20-10-11-20)24(30)15-34-27(33)19-7-5-6-18(13-19)14-28-25(31)21-8-3-4-9-22(21)26(28)32/h3-9,12-13,20H,10-11,14-15H2,1-2H3. The van der Waals surface area contributed by atoms with Crippen molar-refractivity contribution < 1.29 is 23.9 Å². The van der Waals surface area contributed by atoms with Gasteiger partial charge in [0.1, 0.15) is 0 Å². The third kappa shape index (κ3) is 3.83. The molecule has 2 amide bonds. The van der Waals surface area contributed by atoms with Gasteiger partial charge in [0.05, 0.1) is 23.2 Å². The Balaban J connectivity index is 1.25. The maximum Gasteiger partial charge on any atom is 0.338 e. The Morgan fingerprint density at radius 1 is 0.941 bits per heavy atom.